The van der Waals surface area contributed by atoms with Crippen LogP contribution in [-0.4, -0.2) is 326 Å². The van der Waals surface area contributed by atoms with E-state index in [1.165, 1.54) is 63.6 Å². The molecule has 0 saturated carbocycles. The minimum Gasteiger partial charge on any atom is -0.600 e. The summed E-state index contributed by atoms with van der Waals surface area (Å²) in [6, 6.07) is 0. The van der Waals surface area contributed by atoms with Crippen LogP contribution in [0.5, 0.6) is 11.5 Å². The van der Waals surface area contributed by atoms with Crippen molar-refractivity contribution in [2.24, 2.45) is 0 Å². The zero-order chi connectivity index (χ0) is 75.2. The van der Waals surface area contributed by atoms with Crippen molar-refractivity contribution in [2.75, 3.05) is 76.4 Å². The van der Waals surface area contributed by atoms with Crippen molar-refractivity contribution in [3.63, 3.8) is 0 Å². The van der Waals surface area contributed by atoms with Crippen LogP contribution in [0.3, 0.4) is 0 Å². The van der Waals surface area contributed by atoms with Gasteiger partial charge in [-0.15, -0.1) is 0 Å². The molecule has 38 heteroatoms. The fourth-order valence-electron chi connectivity index (χ4n) is 16.7. The van der Waals surface area contributed by atoms with Gasteiger partial charge in [0.1, 0.15) is 120 Å². The molecule has 12 rings (SSSR count). The standard InChI is InChI=1S/C66H101Cl2NO35/c1-25-39(50(81-13)41(68)42(71)40(25)67)58(74)97-46-26(2)89-36(17-33(46)93-37-19-62(8,69(76)77)54(84-16)29(5)90-37)95-45-28(4)100-65(18-32(45)70)103-55-30(6)91-38(20-63(55,9)104-65)96-51-44(73)59(92-27(3)47(51)80-12)98-48-34(21-78-10)94-61(52(82-14)43(48)72)99-60-53(83-15)49-35(22-85-60)101-66(102-49)57-56(86-24-87-57)64(75,23-88-66)31(7)79-11/h26-38,43-49,51-57,59-61,69-73,75-76H,17-24H2,1-16H3. The number of nitrogens with one attached hydrogen (secondary N) is 1. The molecule has 7 N–H and O–H groups in total. The average Bonchev–Trinajstić information content (AvgIpc) is 1.55. The summed E-state index contributed by atoms with van der Waals surface area (Å²) in [5.41, 5.74) is -4.39. The number of quaternary nitrogens is 1. The molecule has 11 heterocycles. The second kappa shape index (κ2) is 32.0. The molecule has 36 unspecified atom stereocenters. The lowest BCUT2D eigenvalue weighted by atomic mass is 9.85. The highest BCUT2D eigenvalue weighted by Crippen LogP contribution is 2.53. The zero-order valence-corrected chi connectivity index (χ0v) is 62.3. The van der Waals surface area contributed by atoms with Crippen LogP contribution >= 0.6 is 23.2 Å². The topological polar surface area (TPSA) is 415 Å². The molecule has 11 saturated heterocycles. The Morgan fingerprint density at radius 3 is 2.00 bits per heavy atom. The second-order valence-corrected chi connectivity index (χ2v) is 29.6. The number of ether oxygens (including phenoxy) is 27. The maximum atomic E-state index is 14.3. The summed E-state index contributed by atoms with van der Waals surface area (Å²) in [7, 11) is 9.73. The number of phenols is 1. The van der Waals surface area contributed by atoms with Gasteiger partial charge in [-0.2, -0.15) is 0 Å². The van der Waals surface area contributed by atoms with Crippen molar-refractivity contribution in [3.05, 3.63) is 26.4 Å². The van der Waals surface area contributed by atoms with Crippen molar-refractivity contribution in [1.29, 1.82) is 0 Å². The van der Waals surface area contributed by atoms with Crippen molar-refractivity contribution in [1.82, 2.24) is 0 Å². The Labute approximate surface area is 610 Å². The first-order chi connectivity index (χ1) is 49.3. The number of halogens is 2. The van der Waals surface area contributed by atoms with E-state index in [4.69, 9.17) is 151 Å². The maximum Gasteiger partial charge on any atom is 0.342 e. The van der Waals surface area contributed by atoms with E-state index in [1.54, 1.807) is 48.5 Å². The molecule has 0 aliphatic carbocycles. The number of benzene rings is 1. The third-order valence-electron chi connectivity index (χ3n) is 22.1. The number of aliphatic hydroxyl groups excluding tert-OH is 3. The number of aliphatic hydroxyl groups is 4. The van der Waals surface area contributed by atoms with Gasteiger partial charge in [0.2, 0.25) is 0 Å². The number of rotatable bonds is 22. The smallest absolute Gasteiger partial charge is 0.342 e. The van der Waals surface area contributed by atoms with Crippen LogP contribution in [0.25, 0.3) is 0 Å². The van der Waals surface area contributed by atoms with Gasteiger partial charge < -0.3 is 159 Å². The normalized spacial score (nSPS) is 48.7. The van der Waals surface area contributed by atoms with Gasteiger partial charge in [0.15, 0.2) is 67.0 Å². The first-order valence-electron chi connectivity index (χ1n) is 34.8. The molecule has 36 atom stereocenters. The lowest BCUT2D eigenvalue weighted by Crippen LogP contribution is -3.16. The number of carbonyl (C=O) groups is 1. The quantitative estimate of drug-likeness (QED) is 0.0605. The van der Waals surface area contributed by atoms with Gasteiger partial charge in [-0.25, -0.2) is 15.2 Å². The predicted molar refractivity (Wildman–Crippen MR) is 343 cm³/mol. The molecular weight excluding hydrogens is 1440 g/mol. The van der Waals surface area contributed by atoms with Crippen molar-refractivity contribution in [3.8, 4) is 11.5 Å². The number of fused-ring (bicyclic) bond motifs is 4. The SMILES string of the molecule is COCC1OC(OC2OCC3OC4(OCC(O)(C(C)OC)C5OCOC54)OC3C2OC)C(OC)C(O)C1OC1OC(C)C(OC)C(OC2CC3(C)OC4(CC(O)C(OC5CC(OC6CC(C)([NH+]([O-])O)C(OC)C(C)O6)C(OC(=O)c6c(C)c(Cl)c(O)c(Cl)c6OC)C(C)O5)C(C)O4)OC3C(C)O2)C1O. The van der Waals surface area contributed by atoms with Crippen molar-refractivity contribution >= 4 is 29.2 Å². The average molecular weight is 1540 g/mol. The molecule has 1 aromatic carbocycles. The Balaban J connectivity index is 0.689. The number of aromatic hydroxyl groups is 1. The van der Waals surface area contributed by atoms with Crippen LogP contribution in [0.15, 0.2) is 0 Å². The van der Waals surface area contributed by atoms with Gasteiger partial charge in [-0.1, -0.05) is 23.2 Å². The Morgan fingerprint density at radius 1 is 0.663 bits per heavy atom. The fourth-order valence-corrected chi connectivity index (χ4v) is 17.2. The molecule has 0 amide bonds. The largest absolute Gasteiger partial charge is 0.600 e. The van der Waals surface area contributed by atoms with Crippen LogP contribution in [-0.2, 0) is 123 Å². The van der Waals surface area contributed by atoms with E-state index in [-0.39, 0.29) is 79.2 Å². The molecule has 11 aliphatic heterocycles. The summed E-state index contributed by atoms with van der Waals surface area (Å²) in [5, 5.41) is 80.6. The Hall–Kier alpha value is -2.41. The van der Waals surface area contributed by atoms with E-state index in [2.05, 4.69) is 0 Å². The number of hydrogen-bond acceptors (Lipinski definition) is 35. The number of phenolic OH excluding ortho intramolecular Hbond substituents is 1. The number of methoxy groups -OCH3 is 7. The van der Waals surface area contributed by atoms with E-state index in [1.807, 2.05) is 0 Å². The summed E-state index contributed by atoms with van der Waals surface area (Å²) in [4.78, 5) is 14.3. The molecule has 36 nitrogen and oxygen atoms in total. The van der Waals surface area contributed by atoms with Crippen LogP contribution < -0.4 is 9.96 Å². The number of hydroxylamine groups is 2. The Bertz CT molecular complexity index is 3090. The van der Waals surface area contributed by atoms with Crippen LogP contribution in [0.2, 0.25) is 10.0 Å². The molecule has 11 fully saturated rings. The summed E-state index contributed by atoms with van der Waals surface area (Å²) in [5.74, 6) is -5.36. The minimum atomic E-state index is -1.86. The number of carbonyl (C=O) groups excluding carboxylic acids is 1. The lowest BCUT2D eigenvalue weighted by molar-refractivity contribution is -1.09. The highest BCUT2D eigenvalue weighted by Gasteiger charge is 2.71. The number of esters is 1. The molecule has 1 aromatic rings. The summed E-state index contributed by atoms with van der Waals surface area (Å²) >= 11 is 12.8. The highest BCUT2D eigenvalue weighted by molar-refractivity contribution is 6.39. The number of hydrogen-bond donors (Lipinski definition) is 7. The summed E-state index contributed by atoms with van der Waals surface area (Å²) in [6.07, 6.45) is -33.3. The van der Waals surface area contributed by atoms with Gasteiger partial charge >= 0.3 is 11.9 Å². The molecular formula is C66H101Cl2NO35. The second-order valence-electron chi connectivity index (χ2n) is 28.8. The van der Waals surface area contributed by atoms with Crippen LogP contribution in [0.1, 0.15) is 97.0 Å². The van der Waals surface area contributed by atoms with E-state index < -0.39 is 230 Å². The Kier molecular flexibility index (Phi) is 24.9. The monoisotopic (exact) mass is 1540 g/mol. The van der Waals surface area contributed by atoms with Crippen molar-refractivity contribution < 1.29 is 169 Å². The summed E-state index contributed by atoms with van der Waals surface area (Å²) in [6.45, 7) is 14.1. The van der Waals surface area contributed by atoms with Crippen molar-refractivity contribution in [2.45, 2.75) is 301 Å². The fraction of sp³-hybridized carbons (Fsp3) is 0.894. The van der Waals surface area contributed by atoms with Gasteiger partial charge in [-0.05, 0) is 67.9 Å². The molecule has 2 spiro atoms. The van der Waals surface area contributed by atoms with Gasteiger partial charge in [-0.3, -0.25) is 0 Å². The lowest BCUT2D eigenvalue weighted by Gasteiger charge is -2.49. The first kappa shape index (κ1) is 81.1. The van der Waals surface area contributed by atoms with Crippen LogP contribution in [0.4, 0.5) is 0 Å². The maximum absolute atomic E-state index is 14.3. The predicted octanol–water partition coefficient (Wildman–Crippen LogP) is 0.261. The van der Waals surface area contributed by atoms with Gasteiger partial charge in [0.05, 0.1) is 87.5 Å². The summed E-state index contributed by atoms with van der Waals surface area (Å²) < 4.78 is 168. The zero-order valence-electron chi connectivity index (χ0n) is 60.8. The highest BCUT2D eigenvalue weighted by atomic mass is 35.5. The van der Waals surface area contributed by atoms with E-state index in [0.717, 1.165) is 0 Å². The first-order valence-corrected chi connectivity index (χ1v) is 35.6. The Morgan fingerprint density at radius 2 is 1.34 bits per heavy atom. The van der Waals surface area contributed by atoms with Gasteiger partial charge in [0.25, 0.3) is 5.97 Å². The van der Waals surface area contributed by atoms with E-state index in [9.17, 15) is 40.7 Å². The molecule has 0 radical (unpaired) electrons. The molecule has 594 valence electrons. The molecule has 0 aromatic heterocycles. The third kappa shape index (κ3) is 14.8. The molecule has 104 heavy (non-hydrogen) atoms. The molecule has 11 aliphatic rings. The third-order valence-corrected chi connectivity index (χ3v) is 22.9. The molecule has 0 bridgehead atoms. The van der Waals surface area contributed by atoms with Gasteiger partial charge in [0, 0.05) is 55.5 Å². The van der Waals surface area contributed by atoms with Crippen LogP contribution in [0, 0.1) is 12.1 Å². The van der Waals surface area contributed by atoms with E-state index in [0.29, 0.717) is 0 Å². The van der Waals surface area contributed by atoms with E-state index >= 15 is 0 Å². The minimum absolute atomic E-state index is 0.00592.